The SMILES string of the molecule is COC(=O)c1ccc(C(N)c2cccc(C(F)(F)F)c2)o1. The molecule has 1 heterocycles. The van der Waals surface area contributed by atoms with E-state index in [1.807, 2.05) is 0 Å². The van der Waals surface area contributed by atoms with Gasteiger partial charge < -0.3 is 14.9 Å². The van der Waals surface area contributed by atoms with Gasteiger partial charge in [-0.3, -0.25) is 0 Å². The predicted molar refractivity (Wildman–Crippen MR) is 67.5 cm³/mol. The lowest BCUT2D eigenvalue weighted by atomic mass is 10.0. The summed E-state index contributed by atoms with van der Waals surface area (Å²) in [5.41, 5.74) is 5.31. The molecule has 0 radical (unpaired) electrons. The van der Waals surface area contributed by atoms with Gasteiger partial charge in [0.25, 0.3) is 0 Å². The number of carbonyl (C=O) groups is 1. The van der Waals surface area contributed by atoms with Crippen LogP contribution in [0.4, 0.5) is 13.2 Å². The quantitative estimate of drug-likeness (QED) is 0.884. The molecule has 0 bridgehead atoms. The van der Waals surface area contributed by atoms with Crippen molar-refractivity contribution >= 4 is 5.97 Å². The Morgan fingerprint density at radius 1 is 1.29 bits per heavy atom. The van der Waals surface area contributed by atoms with Gasteiger partial charge in [0, 0.05) is 0 Å². The smallest absolute Gasteiger partial charge is 0.416 e. The zero-order valence-corrected chi connectivity index (χ0v) is 11.0. The van der Waals surface area contributed by atoms with Crippen molar-refractivity contribution < 1.29 is 27.1 Å². The number of methoxy groups -OCH3 is 1. The molecular formula is C14H12F3NO3. The van der Waals surface area contributed by atoms with E-state index in [0.29, 0.717) is 0 Å². The fourth-order valence-corrected chi connectivity index (χ4v) is 1.80. The second kappa shape index (κ2) is 5.61. The van der Waals surface area contributed by atoms with Crippen LogP contribution in [0.5, 0.6) is 0 Å². The largest absolute Gasteiger partial charge is 0.463 e. The molecule has 1 aromatic carbocycles. The van der Waals surface area contributed by atoms with E-state index in [2.05, 4.69) is 4.74 Å². The maximum absolute atomic E-state index is 12.7. The van der Waals surface area contributed by atoms with Crippen LogP contribution in [-0.4, -0.2) is 13.1 Å². The minimum Gasteiger partial charge on any atom is -0.463 e. The molecule has 0 aliphatic carbocycles. The van der Waals surface area contributed by atoms with Gasteiger partial charge in [-0.1, -0.05) is 12.1 Å². The van der Waals surface area contributed by atoms with E-state index in [1.54, 1.807) is 0 Å². The predicted octanol–water partition coefficient (Wildman–Crippen LogP) is 3.13. The summed E-state index contributed by atoms with van der Waals surface area (Å²) in [6.07, 6.45) is -4.45. The van der Waals surface area contributed by atoms with E-state index in [0.717, 1.165) is 12.1 Å². The third-order valence-electron chi connectivity index (χ3n) is 2.89. The van der Waals surface area contributed by atoms with Crippen molar-refractivity contribution in [1.82, 2.24) is 0 Å². The number of halogens is 3. The van der Waals surface area contributed by atoms with E-state index >= 15 is 0 Å². The zero-order valence-electron chi connectivity index (χ0n) is 11.0. The Balaban J connectivity index is 2.30. The molecule has 1 atom stereocenters. The Labute approximate surface area is 118 Å². The molecule has 0 saturated carbocycles. The van der Waals surface area contributed by atoms with Crippen LogP contribution in [-0.2, 0) is 10.9 Å². The number of nitrogens with two attached hydrogens (primary N) is 1. The average molecular weight is 299 g/mol. The standard InChI is InChI=1S/C14H12F3NO3/c1-20-13(19)11-6-5-10(21-11)12(18)8-3-2-4-9(7-8)14(15,16)17/h2-7,12H,18H2,1H3. The van der Waals surface area contributed by atoms with Crippen LogP contribution in [0.2, 0.25) is 0 Å². The maximum Gasteiger partial charge on any atom is 0.416 e. The highest BCUT2D eigenvalue weighted by Crippen LogP contribution is 2.31. The topological polar surface area (TPSA) is 65.5 Å². The van der Waals surface area contributed by atoms with Crippen LogP contribution in [0, 0.1) is 0 Å². The van der Waals surface area contributed by atoms with Crippen molar-refractivity contribution in [3.05, 3.63) is 59.0 Å². The lowest BCUT2D eigenvalue weighted by molar-refractivity contribution is -0.137. The third-order valence-corrected chi connectivity index (χ3v) is 2.89. The summed E-state index contributed by atoms with van der Waals surface area (Å²) in [5.74, 6) is -0.567. The lowest BCUT2D eigenvalue weighted by Gasteiger charge is -2.12. The summed E-state index contributed by atoms with van der Waals surface area (Å²) >= 11 is 0. The summed E-state index contributed by atoms with van der Waals surface area (Å²) in [4.78, 5) is 11.3. The first-order valence-electron chi connectivity index (χ1n) is 5.93. The van der Waals surface area contributed by atoms with Gasteiger partial charge in [0.2, 0.25) is 5.76 Å². The number of hydrogen-bond acceptors (Lipinski definition) is 4. The molecule has 2 rings (SSSR count). The molecule has 1 aromatic heterocycles. The Kier molecular flexibility index (Phi) is 4.04. The number of benzene rings is 1. The minimum absolute atomic E-state index is 0.0603. The first-order valence-corrected chi connectivity index (χ1v) is 5.93. The Morgan fingerprint density at radius 2 is 2.00 bits per heavy atom. The average Bonchev–Trinajstić information content (AvgIpc) is 2.94. The van der Waals surface area contributed by atoms with Gasteiger partial charge in [-0.25, -0.2) is 4.79 Å². The second-order valence-electron chi connectivity index (χ2n) is 4.29. The number of rotatable bonds is 3. The van der Waals surface area contributed by atoms with Crippen molar-refractivity contribution in [1.29, 1.82) is 0 Å². The normalized spacial score (nSPS) is 13.0. The van der Waals surface area contributed by atoms with Crippen molar-refractivity contribution in [2.45, 2.75) is 12.2 Å². The van der Waals surface area contributed by atoms with Crippen molar-refractivity contribution in [3.63, 3.8) is 0 Å². The fourth-order valence-electron chi connectivity index (χ4n) is 1.80. The van der Waals surface area contributed by atoms with Gasteiger partial charge >= 0.3 is 12.1 Å². The first kappa shape index (κ1) is 15.1. The Bertz CT molecular complexity index is 649. The molecule has 0 aliphatic heterocycles. The van der Waals surface area contributed by atoms with Crippen molar-refractivity contribution in [2.24, 2.45) is 5.73 Å². The summed E-state index contributed by atoms with van der Waals surface area (Å²) in [5, 5.41) is 0. The third kappa shape index (κ3) is 3.25. The van der Waals surface area contributed by atoms with E-state index in [-0.39, 0.29) is 17.1 Å². The number of ether oxygens (including phenoxy) is 1. The molecule has 7 heteroatoms. The summed E-state index contributed by atoms with van der Waals surface area (Å²) in [6.45, 7) is 0. The molecule has 0 aliphatic rings. The molecule has 4 nitrogen and oxygen atoms in total. The number of furan rings is 1. The Hall–Kier alpha value is -2.28. The van der Waals surface area contributed by atoms with Crippen LogP contribution in [0.15, 0.2) is 40.8 Å². The van der Waals surface area contributed by atoms with Gasteiger partial charge in [0.05, 0.1) is 18.7 Å². The van der Waals surface area contributed by atoms with Gasteiger partial charge in [0.15, 0.2) is 0 Å². The first-order chi connectivity index (χ1) is 9.82. The number of carbonyl (C=O) groups excluding carboxylic acids is 1. The molecule has 21 heavy (non-hydrogen) atoms. The van der Waals surface area contributed by atoms with Crippen molar-refractivity contribution in [3.8, 4) is 0 Å². The van der Waals surface area contributed by atoms with Crippen LogP contribution >= 0.6 is 0 Å². The minimum atomic E-state index is -4.45. The number of hydrogen-bond donors (Lipinski definition) is 1. The molecule has 0 spiro atoms. The van der Waals surface area contributed by atoms with Gasteiger partial charge in [-0.15, -0.1) is 0 Å². The van der Waals surface area contributed by atoms with Gasteiger partial charge in [-0.2, -0.15) is 13.2 Å². The second-order valence-corrected chi connectivity index (χ2v) is 4.29. The molecule has 2 aromatic rings. The highest BCUT2D eigenvalue weighted by Gasteiger charge is 2.31. The van der Waals surface area contributed by atoms with Crippen LogP contribution in [0.1, 0.15) is 33.5 Å². The van der Waals surface area contributed by atoms with E-state index in [1.165, 1.54) is 31.4 Å². The highest BCUT2D eigenvalue weighted by atomic mass is 19.4. The molecule has 0 amide bonds. The molecule has 2 N–H and O–H groups in total. The maximum atomic E-state index is 12.7. The zero-order chi connectivity index (χ0) is 15.6. The summed E-state index contributed by atoms with van der Waals surface area (Å²) in [7, 11) is 1.19. The lowest BCUT2D eigenvalue weighted by Crippen LogP contribution is -2.13. The summed E-state index contributed by atoms with van der Waals surface area (Å²) in [6, 6.07) is 6.50. The summed E-state index contributed by atoms with van der Waals surface area (Å²) < 4.78 is 47.7. The molecule has 112 valence electrons. The van der Waals surface area contributed by atoms with Gasteiger partial charge in [0.1, 0.15) is 5.76 Å². The fraction of sp³-hybridized carbons (Fsp3) is 0.214. The number of esters is 1. The highest BCUT2D eigenvalue weighted by molar-refractivity contribution is 5.86. The molecular weight excluding hydrogens is 287 g/mol. The van der Waals surface area contributed by atoms with E-state index in [4.69, 9.17) is 10.2 Å². The monoisotopic (exact) mass is 299 g/mol. The van der Waals surface area contributed by atoms with Crippen molar-refractivity contribution in [2.75, 3.05) is 7.11 Å². The molecule has 1 unspecified atom stereocenters. The van der Waals surface area contributed by atoms with E-state index in [9.17, 15) is 18.0 Å². The number of alkyl halides is 3. The van der Waals surface area contributed by atoms with Crippen LogP contribution in [0.3, 0.4) is 0 Å². The Morgan fingerprint density at radius 3 is 2.62 bits per heavy atom. The van der Waals surface area contributed by atoms with E-state index < -0.39 is 23.8 Å². The van der Waals surface area contributed by atoms with Crippen LogP contribution in [0.25, 0.3) is 0 Å². The molecule has 0 saturated heterocycles. The molecule has 0 fully saturated rings. The van der Waals surface area contributed by atoms with Crippen LogP contribution < -0.4 is 5.73 Å². The van der Waals surface area contributed by atoms with Gasteiger partial charge in [-0.05, 0) is 29.8 Å².